The Labute approximate surface area is 103 Å². The standard InChI is InChI=1S/C12H14F2O4/c1-3-17-12(16)7(2)18-11-9(13)4-8(6-15)5-10(11)14/h4-5,7,15H,3,6H2,1-2H3/t7-/m1/s1. The minimum Gasteiger partial charge on any atom is -0.473 e. The Balaban J connectivity index is 2.88. The summed E-state index contributed by atoms with van der Waals surface area (Å²) < 4.78 is 36.5. The maximum Gasteiger partial charge on any atom is 0.347 e. The fraction of sp³-hybridized carbons (Fsp3) is 0.417. The van der Waals surface area contributed by atoms with Crippen LogP contribution in [0.4, 0.5) is 8.78 Å². The fourth-order valence-electron chi connectivity index (χ4n) is 1.30. The molecule has 0 saturated carbocycles. The summed E-state index contributed by atoms with van der Waals surface area (Å²) in [5.41, 5.74) is 0.0844. The Hall–Kier alpha value is -1.69. The van der Waals surface area contributed by atoms with Crippen molar-refractivity contribution in [2.45, 2.75) is 26.6 Å². The zero-order chi connectivity index (χ0) is 13.7. The van der Waals surface area contributed by atoms with Gasteiger partial charge in [-0.05, 0) is 31.5 Å². The van der Waals surface area contributed by atoms with E-state index >= 15 is 0 Å². The van der Waals surface area contributed by atoms with Crippen LogP contribution >= 0.6 is 0 Å². The molecule has 0 amide bonds. The number of carbonyl (C=O) groups is 1. The first kappa shape index (κ1) is 14.4. The van der Waals surface area contributed by atoms with Crippen LogP contribution in [0.15, 0.2) is 12.1 Å². The van der Waals surface area contributed by atoms with E-state index in [0.29, 0.717) is 0 Å². The first-order valence-electron chi connectivity index (χ1n) is 5.41. The molecule has 1 aromatic rings. The summed E-state index contributed by atoms with van der Waals surface area (Å²) in [6.45, 7) is 2.61. The molecule has 1 atom stereocenters. The van der Waals surface area contributed by atoms with E-state index in [4.69, 9.17) is 9.84 Å². The molecule has 1 N–H and O–H groups in total. The zero-order valence-electron chi connectivity index (χ0n) is 10.1. The monoisotopic (exact) mass is 260 g/mol. The van der Waals surface area contributed by atoms with E-state index in [1.54, 1.807) is 6.92 Å². The average Bonchev–Trinajstić information content (AvgIpc) is 2.33. The van der Waals surface area contributed by atoms with Crippen molar-refractivity contribution in [1.29, 1.82) is 0 Å². The summed E-state index contributed by atoms with van der Waals surface area (Å²) in [7, 11) is 0. The summed E-state index contributed by atoms with van der Waals surface area (Å²) in [6, 6.07) is 1.88. The van der Waals surface area contributed by atoms with Crippen molar-refractivity contribution < 1.29 is 28.2 Å². The van der Waals surface area contributed by atoms with Gasteiger partial charge in [-0.1, -0.05) is 0 Å². The van der Waals surface area contributed by atoms with Crippen molar-refractivity contribution in [3.8, 4) is 5.75 Å². The van der Waals surface area contributed by atoms with E-state index in [1.165, 1.54) is 6.92 Å². The summed E-state index contributed by atoms with van der Waals surface area (Å²) in [5.74, 6) is -3.32. The molecule has 0 aliphatic heterocycles. The molecule has 4 nitrogen and oxygen atoms in total. The number of hydrogen-bond acceptors (Lipinski definition) is 4. The molecule has 100 valence electrons. The van der Waals surface area contributed by atoms with Crippen LogP contribution in [0.5, 0.6) is 5.75 Å². The molecule has 0 spiro atoms. The van der Waals surface area contributed by atoms with Crippen molar-refractivity contribution in [2.75, 3.05) is 6.61 Å². The maximum absolute atomic E-state index is 13.5. The molecule has 0 aliphatic carbocycles. The topological polar surface area (TPSA) is 55.8 Å². The van der Waals surface area contributed by atoms with Crippen LogP contribution in [-0.4, -0.2) is 23.8 Å². The Kier molecular flexibility index (Phi) is 5.03. The molecule has 18 heavy (non-hydrogen) atoms. The third-order valence-corrected chi connectivity index (χ3v) is 2.15. The number of carbonyl (C=O) groups excluding carboxylic acids is 1. The summed E-state index contributed by atoms with van der Waals surface area (Å²) in [5, 5.41) is 8.77. The number of rotatable bonds is 5. The van der Waals surface area contributed by atoms with Gasteiger partial charge < -0.3 is 14.6 Å². The first-order valence-corrected chi connectivity index (χ1v) is 5.41. The molecule has 6 heteroatoms. The predicted octanol–water partition coefficient (Wildman–Crippen LogP) is 1.79. The second-order valence-electron chi connectivity index (χ2n) is 3.56. The Bertz CT molecular complexity index is 411. The van der Waals surface area contributed by atoms with Gasteiger partial charge in [0.1, 0.15) is 0 Å². The first-order chi connectivity index (χ1) is 8.49. The molecule has 0 aromatic heterocycles. The minimum absolute atomic E-state index is 0.0844. The molecule has 0 unspecified atom stereocenters. The molecule has 0 aliphatic rings. The van der Waals surface area contributed by atoms with Crippen LogP contribution in [0, 0.1) is 11.6 Å². The Morgan fingerprint density at radius 2 is 1.94 bits per heavy atom. The van der Waals surface area contributed by atoms with Crippen LogP contribution in [-0.2, 0) is 16.1 Å². The summed E-state index contributed by atoms with van der Waals surface area (Å²) >= 11 is 0. The van der Waals surface area contributed by atoms with Crippen molar-refractivity contribution >= 4 is 5.97 Å². The zero-order valence-corrected chi connectivity index (χ0v) is 10.1. The van der Waals surface area contributed by atoms with Gasteiger partial charge in [-0.15, -0.1) is 0 Å². The van der Waals surface area contributed by atoms with Crippen LogP contribution in [0.25, 0.3) is 0 Å². The second-order valence-corrected chi connectivity index (χ2v) is 3.56. The molecule has 0 fully saturated rings. The van der Waals surface area contributed by atoms with Gasteiger partial charge in [0.05, 0.1) is 13.2 Å². The number of aliphatic hydroxyl groups excluding tert-OH is 1. The van der Waals surface area contributed by atoms with Gasteiger partial charge in [-0.3, -0.25) is 0 Å². The van der Waals surface area contributed by atoms with E-state index < -0.39 is 36.1 Å². The summed E-state index contributed by atoms with van der Waals surface area (Å²) in [4.78, 5) is 11.3. The van der Waals surface area contributed by atoms with Crippen LogP contribution < -0.4 is 4.74 Å². The van der Waals surface area contributed by atoms with E-state index in [-0.39, 0.29) is 12.2 Å². The molecule has 1 aromatic carbocycles. The highest BCUT2D eigenvalue weighted by Crippen LogP contribution is 2.24. The Morgan fingerprint density at radius 3 is 2.39 bits per heavy atom. The highest BCUT2D eigenvalue weighted by Gasteiger charge is 2.21. The number of ether oxygens (including phenoxy) is 2. The lowest BCUT2D eigenvalue weighted by atomic mass is 10.2. The van der Waals surface area contributed by atoms with Crippen molar-refractivity contribution in [1.82, 2.24) is 0 Å². The van der Waals surface area contributed by atoms with Gasteiger partial charge in [0.25, 0.3) is 0 Å². The van der Waals surface area contributed by atoms with E-state index in [0.717, 1.165) is 12.1 Å². The third-order valence-electron chi connectivity index (χ3n) is 2.15. The molecule has 1 rings (SSSR count). The third kappa shape index (κ3) is 3.40. The van der Waals surface area contributed by atoms with E-state index in [2.05, 4.69) is 4.74 Å². The fourth-order valence-corrected chi connectivity index (χ4v) is 1.30. The highest BCUT2D eigenvalue weighted by molar-refractivity contribution is 5.74. The number of benzene rings is 1. The van der Waals surface area contributed by atoms with Crippen molar-refractivity contribution in [3.63, 3.8) is 0 Å². The number of halogens is 2. The van der Waals surface area contributed by atoms with Crippen LogP contribution in [0.3, 0.4) is 0 Å². The molecular formula is C12H14F2O4. The quantitative estimate of drug-likeness (QED) is 0.820. The van der Waals surface area contributed by atoms with Gasteiger partial charge in [-0.25, -0.2) is 13.6 Å². The summed E-state index contributed by atoms with van der Waals surface area (Å²) in [6.07, 6.45) is -1.12. The van der Waals surface area contributed by atoms with E-state index in [9.17, 15) is 13.6 Å². The predicted molar refractivity (Wildman–Crippen MR) is 59.0 cm³/mol. The normalized spacial score (nSPS) is 12.1. The van der Waals surface area contributed by atoms with Gasteiger partial charge in [0.15, 0.2) is 23.5 Å². The van der Waals surface area contributed by atoms with Gasteiger partial charge in [0.2, 0.25) is 0 Å². The van der Waals surface area contributed by atoms with Gasteiger partial charge >= 0.3 is 5.97 Å². The number of aliphatic hydroxyl groups is 1. The molecule has 0 saturated heterocycles. The lowest BCUT2D eigenvalue weighted by Crippen LogP contribution is -2.26. The van der Waals surface area contributed by atoms with Crippen molar-refractivity contribution in [3.05, 3.63) is 29.3 Å². The number of hydrogen-bond donors (Lipinski definition) is 1. The molecule has 0 heterocycles. The lowest BCUT2D eigenvalue weighted by Gasteiger charge is -2.14. The lowest BCUT2D eigenvalue weighted by molar-refractivity contribution is -0.150. The Morgan fingerprint density at radius 1 is 1.39 bits per heavy atom. The maximum atomic E-state index is 13.5. The minimum atomic E-state index is -1.12. The molecule has 0 radical (unpaired) electrons. The molecular weight excluding hydrogens is 246 g/mol. The second kappa shape index (κ2) is 6.30. The largest absolute Gasteiger partial charge is 0.473 e. The highest BCUT2D eigenvalue weighted by atomic mass is 19.1. The molecule has 0 bridgehead atoms. The average molecular weight is 260 g/mol. The number of esters is 1. The SMILES string of the molecule is CCOC(=O)[C@@H](C)Oc1c(F)cc(CO)cc1F. The smallest absolute Gasteiger partial charge is 0.347 e. The van der Waals surface area contributed by atoms with Crippen molar-refractivity contribution in [2.24, 2.45) is 0 Å². The van der Waals surface area contributed by atoms with Gasteiger partial charge in [-0.2, -0.15) is 0 Å². The van der Waals surface area contributed by atoms with E-state index in [1.807, 2.05) is 0 Å². The van der Waals surface area contributed by atoms with Gasteiger partial charge in [0, 0.05) is 0 Å². The van der Waals surface area contributed by atoms with Crippen LogP contribution in [0.1, 0.15) is 19.4 Å². The van der Waals surface area contributed by atoms with Crippen LogP contribution in [0.2, 0.25) is 0 Å².